The van der Waals surface area contributed by atoms with E-state index in [2.05, 4.69) is 6.92 Å². The summed E-state index contributed by atoms with van der Waals surface area (Å²) in [5, 5.41) is 0. The monoisotopic (exact) mass is 182 g/mol. The molecular weight excluding hydrogens is 164 g/mol. The number of carbonyl (C=O) groups is 1. The van der Waals surface area contributed by atoms with Crippen molar-refractivity contribution in [2.75, 3.05) is 0 Å². The second-order valence-corrected chi connectivity index (χ2v) is 2.80. The number of ether oxygens (including phenoxy) is 1. The fraction of sp³-hybridized carbons (Fsp3) is 0.545. The van der Waals surface area contributed by atoms with Crippen molar-refractivity contribution in [2.24, 2.45) is 0 Å². The average Bonchev–Trinajstić information content (AvgIpc) is 2.13. The molecule has 0 bridgehead atoms. The minimum atomic E-state index is -0.144. The number of allylic oxidation sites excluding steroid dienone is 3. The number of hydrogen-bond acceptors (Lipinski definition) is 2. The van der Waals surface area contributed by atoms with Crippen LogP contribution in [0.3, 0.4) is 0 Å². The molecule has 0 aliphatic carbocycles. The number of rotatable bonds is 6. The molecule has 0 amide bonds. The normalized spacial score (nSPS) is 11.2. The van der Waals surface area contributed by atoms with Gasteiger partial charge < -0.3 is 4.74 Å². The number of esters is 1. The Hall–Kier alpha value is -1.05. The molecule has 0 radical (unpaired) electrons. The molecule has 0 aromatic carbocycles. The van der Waals surface area contributed by atoms with Crippen molar-refractivity contribution in [3.05, 3.63) is 24.5 Å². The van der Waals surface area contributed by atoms with Gasteiger partial charge in [0.1, 0.15) is 0 Å². The van der Waals surface area contributed by atoms with E-state index in [-0.39, 0.29) is 5.97 Å². The van der Waals surface area contributed by atoms with E-state index in [1.807, 2.05) is 19.1 Å². The summed E-state index contributed by atoms with van der Waals surface area (Å²) >= 11 is 0. The summed E-state index contributed by atoms with van der Waals surface area (Å²) in [5.74, 6) is -0.144. The summed E-state index contributed by atoms with van der Waals surface area (Å²) < 4.78 is 4.82. The molecule has 0 aromatic rings. The third-order valence-electron chi connectivity index (χ3n) is 1.57. The lowest BCUT2D eigenvalue weighted by molar-refractivity contribution is -0.138. The van der Waals surface area contributed by atoms with Gasteiger partial charge in [0.2, 0.25) is 0 Å². The zero-order valence-corrected chi connectivity index (χ0v) is 8.45. The number of carbonyl (C=O) groups excluding carboxylic acids is 1. The van der Waals surface area contributed by atoms with E-state index in [0.29, 0.717) is 6.42 Å². The van der Waals surface area contributed by atoms with Gasteiger partial charge in [-0.15, -0.1) is 0 Å². The number of hydrogen-bond donors (Lipinski definition) is 0. The van der Waals surface area contributed by atoms with Crippen LogP contribution in [0.2, 0.25) is 0 Å². The van der Waals surface area contributed by atoms with Crippen LogP contribution in [0.1, 0.15) is 39.5 Å². The van der Waals surface area contributed by atoms with E-state index < -0.39 is 0 Å². The average molecular weight is 182 g/mol. The summed E-state index contributed by atoms with van der Waals surface area (Å²) in [6, 6.07) is 0. The highest BCUT2D eigenvalue weighted by atomic mass is 16.5. The van der Waals surface area contributed by atoms with Gasteiger partial charge in [-0.1, -0.05) is 31.9 Å². The molecule has 0 rings (SSSR count). The minimum Gasteiger partial charge on any atom is -0.434 e. The van der Waals surface area contributed by atoms with Crippen LogP contribution in [0.5, 0.6) is 0 Å². The Morgan fingerprint density at radius 1 is 1.31 bits per heavy atom. The fourth-order valence-corrected chi connectivity index (χ4v) is 0.850. The molecule has 0 saturated heterocycles. The fourth-order valence-electron chi connectivity index (χ4n) is 0.850. The molecule has 0 fully saturated rings. The van der Waals surface area contributed by atoms with Crippen LogP contribution in [0.4, 0.5) is 0 Å². The van der Waals surface area contributed by atoms with Crippen LogP contribution in [0.15, 0.2) is 24.5 Å². The first-order chi connectivity index (χ1) is 6.31. The zero-order valence-electron chi connectivity index (χ0n) is 8.45. The smallest absolute Gasteiger partial charge is 0.310 e. The first-order valence-corrected chi connectivity index (χ1v) is 4.78. The lowest BCUT2D eigenvalue weighted by atomic mass is 10.2. The third-order valence-corrected chi connectivity index (χ3v) is 1.57. The van der Waals surface area contributed by atoms with Crippen LogP contribution in [0, 0.1) is 0 Å². The molecule has 0 aliphatic rings. The van der Waals surface area contributed by atoms with Gasteiger partial charge in [-0.3, -0.25) is 4.79 Å². The summed E-state index contributed by atoms with van der Waals surface area (Å²) in [6.07, 6.45) is 10.5. The number of unbranched alkanes of at least 4 members (excludes halogenated alkanes) is 2. The molecule has 0 N–H and O–H groups in total. The van der Waals surface area contributed by atoms with Gasteiger partial charge in [0.05, 0.1) is 6.26 Å². The first-order valence-electron chi connectivity index (χ1n) is 4.78. The maximum atomic E-state index is 11.0. The molecule has 13 heavy (non-hydrogen) atoms. The van der Waals surface area contributed by atoms with Crippen LogP contribution >= 0.6 is 0 Å². The standard InChI is InChI=1S/C11H18O2/c1-3-5-7-9-11(12)13-10-8-6-4-2/h4,6,8,10H,3,5,7,9H2,1-2H3/b6-4-,10-8+. The molecule has 0 atom stereocenters. The Morgan fingerprint density at radius 3 is 2.69 bits per heavy atom. The SMILES string of the molecule is C/C=C\C=C\OC(=O)CCCCC. The molecular formula is C11H18O2. The zero-order chi connectivity index (χ0) is 9.94. The van der Waals surface area contributed by atoms with Crippen molar-refractivity contribution in [1.82, 2.24) is 0 Å². The molecule has 0 saturated carbocycles. The summed E-state index contributed by atoms with van der Waals surface area (Å²) in [6.45, 7) is 4.02. The Labute approximate surface area is 80.3 Å². The van der Waals surface area contributed by atoms with Crippen molar-refractivity contribution in [3.8, 4) is 0 Å². The van der Waals surface area contributed by atoms with Crippen molar-refractivity contribution >= 4 is 5.97 Å². The van der Waals surface area contributed by atoms with E-state index in [1.54, 1.807) is 6.08 Å². The third kappa shape index (κ3) is 8.86. The van der Waals surface area contributed by atoms with Crippen LogP contribution in [-0.4, -0.2) is 5.97 Å². The van der Waals surface area contributed by atoms with Crippen molar-refractivity contribution in [1.29, 1.82) is 0 Å². The summed E-state index contributed by atoms with van der Waals surface area (Å²) in [5.41, 5.74) is 0. The second kappa shape index (κ2) is 9.04. The lowest BCUT2D eigenvalue weighted by Gasteiger charge is -1.97. The molecule has 2 heteroatoms. The van der Waals surface area contributed by atoms with Crippen molar-refractivity contribution in [2.45, 2.75) is 39.5 Å². The maximum absolute atomic E-state index is 11.0. The van der Waals surface area contributed by atoms with Gasteiger partial charge in [0.15, 0.2) is 0 Å². The summed E-state index contributed by atoms with van der Waals surface area (Å²) in [7, 11) is 0. The molecule has 2 nitrogen and oxygen atoms in total. The second-order valence-electron chi connectivity index (χ2n) is 2.80. The Morgan fingerprint density at radius 2 is 2.08 bits per heavy atom. The van der Waals surface area contributed by atoms with E-state index >= 15 is 0 Å². The first kappa shape index (κ1) is 11.9. The Bertz CT molecular complexity index is 181. The van der Waals surface area contributed by atoms with Crippen LogP contribution in [0.25, 0.3) is 0 Å². The Balaban J connectivity index is 3.40. The predicted molar refractivity (Wildman–Crippen MR) is 54.2 cm³/mol. The maximum Gasteiger partial charge on any atom is 0.310 e. The van der Waals surface area contributed by atoms with Crippen molar-refractivity contribution in [3.63, 3.8) is 0 Å². The minimum absolute atomic E-state index is 0.144. The predicted octanol–water partition coefficient (Wildman–Crippen LogP) is 3.20. The summed E-state index contributed by atoms with van der Waals surface area (Å²) in [4.78, 5) is 11.0. The van der Waals surface area contributed by atoms with Gasteiger partial charge in [0, 0.05) is 6.42 Å². The molecule has 0 heterocycles. The molecule has 74 valence electrons. The van der Waals surface area contributed by atoms with Crippen LogP contribution < -0.4 is 0 Å². The lowest BCUT2D eigenvalue weighted by Crippen LogP contribution is -1.98. The van der Waals surface area contributed by atoms with E-state index in [0.717, 1.165) is 19.3 Å². The largest absolute Gasteiger partial charge is 0.434 e. The van der Waals surface area contributed by atoms with E-state index in [4.69, 9.17) is 4.74 Å². The molecule has 0 aromatic heterocycles. The quantitative estimate of drug-likeness (QED) is 0.273. The molecule has 0 unspecified atom stereocenters. The van der Waals surface area contributed by atoms with Crippen LogP contribution in [-0.2, 0) is 9.53 Å². The molecule has 0 spiro atoms. The van der Waals surface area contributed by atoms with Gasteiger partial charge >= 0.3 is 5.97 Å². The van der Waals surface area contributed by atoms with E-state index in [9.17, 15) is 4.79 Å². The topological polar surface area (TPSA) is 26.3 Å². The van der Waals surface area contributed by atoms with E-state index in [1.165, 1.54) is 6.26 Å². The highest BCUT2D eigenvalue weighted by Crippen LogP contribution is 2.00. The van der Waals surface area contributed by atoms with Gasteiger partial charge in [0.25, 0.3) is 0 Å². The molecule has 0 aliphatic heterocycles. The van der Waals surface area contributed by atoms with Gasteiger partial charge in [-0.2, -0.15) is 0 Å². The van der Waals surface area contributed by atoms with Gasteiger partial charge in [-0.25, -0.2) is 0 Å². The van der Waals surface area contributed by atoms with Gasteiger partial charge in [-0.05, 0) is 19.4 Å². The highest BCUT2D eigenvalue weighted by Gasteiger charge is 1.98. The Kier molecular flexibility index (Phi) is 8.31. The van der Waals surface area contributed by atoms with Crippen molar-refractivity contribution < 1.29 is 9.53 Å². The highest BCUT2D eigenvalue weighted by molar-refractivity contribution is 5.69.